The molecule has 1 saturated heterocycles. The van der Waals surface area contributed by atoms with E-state index >= 15 is 0 Å². The zero-order valence-electron chi connectivity index (χ0n) is 16.7. The highest BCUT2D eigenvalue weighted by atomic mass is 32.2. The fraction of sp³-hybridized carbons (Fsp3) is 0.684. The minimum absolute atomic E-state index is 0.179. The van der Waals surface area contributed by atoms with Crippen LogP contribution in [0.2, 0.25) is 0 Å². The van der Waals surface area contributed by atoms with Crippen LogP contribution in [-0.4, -0.2) is 87.4 Å². The Bertz CT molecular complexity index is 694. The van der Waals surface area contributed by atoms with Crippen LogP contribution in [0.4, 0.5) is 0 Å². The van der Waals surface area contributed by atoms with Gasteiger partial charge in [-0.2, -0.15) is 0 Å². The number of nitrogens with zero attached hydrogens (tertiary/aromatic N) is 2. The zero-order chi connectivity index (χ0) is 20.0. The number of hydrogen-bond donors (Lipinski definition) is 1. The minimum atomic E-state index is -2.88. The molecule has 1 aliphatic heterocycles. The molecule has 1 heterocycles. The van der Waals surface area contributed by atoms with Crippen LogP contribution < -0.4 is 9.47 Å². The van der Waals surface area contributed by atoms with Gasteiger partial charge in [0.15, 0.2) is 21.3 Å². The van der Waals surface area contributed by atoms with Gasteiger partial charge < -0.3 is 19.5 Å². The quantitative estimate of drug-likeness (QED) is 0.663. The van der Waals surface area contributed by atoms with Gasteiger partial charge in [-0.15, -0.1) is 0 Å². The second-order valence-electron chi connectivity index (χ2n) is 7.41. The first-order valence-corrected chi connectivity index (χ1v) is 11.1. The lowest BCUT2D eigenvalue weighted by Crippen LogP contribution is -2.39. The van der Waals surface area contributed by atoms with Crippen molar-refractivity contribution in [1.29, 1.82) is 0 Å². The van der Waals surface area contributed by atoms with E-state index < -0.39 is 15.9 Å². The van der Waals surface area contributed by atoms with Crippen LogP contribution in [0.25, 0.3) is 0 Å². The van der Waals surface area contributed by atoms with Crippen molar-refractivity contribution in [2.75, 3.05) is 51.9 Å². The van der Waals surface area contributed by atoms with Gasteiger partial charge >= 0.3 is 0 Å². The van der Waals surface area contributed by atoms with E-state index in [4.69, 9.17) is 9.47 Å². The van der Waals surface area contributed by atoms with E-state index in [1.165, 1.54) is 0 Å². The minimum Gasteiger partial charge on any atom is -0.493 e. The molecule has 1 fully saturated rings. The molecule has 2 rings (SSSR count). The molecule has 154 valence electrons. The van der Waals surface area contributed by atoms with E-state index in [-0.39, 0.29) is 18.1 Å². The van der Waals surface area contributed by atoms with E-state index in [0.29, 0.717) is 43.7 Å². The number of ether oxygens (including phenoxy) is 2. The number of sulfone groups is 1. The molecule has 0 aromatic heterocycles. The maximum Gasteiger partial charge on any atom is 0.161 e. The first-order valence-electron chi connectivity index (χ1n) is 9.31. The molecule has 27 heavy (non-hydrogen) atoms. The normalized spacial score (nSPS) is 18.6. The van der Waals surface area contributed by atoms with Gasteiger partial charge in [0.25, 0.3) is 0 Å². The van der Waals surface area contributed by atoms with Gasteiger partial charge in [-0.05, 0) is 38.6 Å². The first kappa shape index (κ1) is 21.9. The lowest BCUT2D eigenvalue weighted by Gasteiger charge is -2.27. The number of aliphatic hydroxyl groups excluding tert-OH is 1. The third-order valence-corrected chi connectivity index (χ3v) is 6.49. The van der Waals surface area contributed by atoms with Gasteiger partial charge in [-0.25, -0.2) is 8.42 Å². The Labute approximate surface area is 162 Å². The van der Waals surface area contributed by atoms with Crippen LogP contribution in [0, 0.1) is 0 Å². The fourth-order valence-electron chi connectivity index (χ4n) is 2.88. The largest absolute Gasteiger partial charge is 0.493 e. The van der Waals surface area contributed by atoms with Gasteiger partial charge in [0.05, 0.1) is 18.6 Å². The Balaban J connectivity index is 1.96. The fourth-order valence-corrected chi connectivity index (χ4v) is 4.16. The van der Waals surface area contributed by atoms with Gasteiger partial charge in [0, 0.05) is 32.2 Å². The maximum absolute atomic E-state index is 11.6. The maximum atomic E-state index is 11.6. The van der Waals surface area contributed by atoms with E-state index in [1.54, 1.807) is 7.11 Å². The second kappa shape index (κ2) is 9.73. The summed E-state index contributed by atoms with van der Waals surface area (Å²) < 4.78 is 34.3. The molecule has 8 heteroatoms. The Morgan fingerprint density at radius 3 is 2.48 bits per heavy atom. The summed E-state index contributed by atoms with van der Waals surface area (Å²) in [6, 6.07) is 6.06. The number of rotatable bonds is 9. The van der Waals surface area contributed by atoms with Gasteiger partial charge in [0.1, 0.15) is 12.7 Å². The first-order chi connectivity index (χ1) is 12.7. The van der Waals surface area contributed by atoms with E-state index in [2.05, 4.69) is 23.6 Å². The molecule has 1 N–H and O–H groups in total. The molecule has 1 aromatic carbocycles. The molecule has 1 unspecified atom stereocenters. The average Bonchev–Trinajstić information content (AvgIpc) is 2.61. The van der Waals surface area contributed by atoms with Crippen molar-refractivity contribution in [2.24, 2.45) is 0 Å². The third-order valence-electron chi connectivity index (χ3n) is 4.88. The van der Waals surface area contributed by atoms with Crippen LogP contribution in [0.5, 0.6) is 11.5 Å². The molecule has 7 nitrogen and oxygen atoms in total. The molecular weight excluding hydrogens is 368 g/mol. The molecule has 0 spiro atoms. The molecule has 0 bridgehead atoms. The van der Waals surface area contributed by atoms with E-state index in [1.807, 2.05) is 25.2 Å². The number of methoxy groups -OCH3 is 1. The standard InChI is InChI=1S/C19H32N2O5S/c1-15(2)20(3)13-17(22)14-26-19-11-16(5-6-18(19)25-4)12-21-7-9-27(23,24)10-8-21/h5-6,11,15,17,22H,7-10,12-14H2,1-4H3. The summed E-state index contributed by atoms with van der Waals surface area (Å²) in [6.45, 7) is 6.61. The van der Waals surface area contributed by atoms with Gasteiger partial charge in [-0.3, -0.25) is 4.90 Å². The highest BCUT2D eigenvalue weighted by molar-refractivity contribution is 7.91. The molecule has 0 saturated carbocycles. The second-order valence-corrected chi connectivity index (χ2v) is 9.71. The molecule has 1 atom stereocenters. The van der Waals surface area contributed by atoms with Crippen LogP contribution in [0.3, 0.4) is 0 Å². The highest BCUT2D eigenvalue weighted by Gasteiger charge is 2.22. The summed E-state index contributed by atoms with van der Waals surface area (Å²) in [6.07, 6.45) is -0.599. The Morgan fingerprint density at radius 1 is 1.22 bits per heavy atom. The topological polar surface area (TPSA) is 79.3 Å². The molecule has 0 radical (unpaired) electrons. The summed E-state index contributed by atoms with van der Waals surface area (Å²) >= 11 is 0. The zero-order valence-corrected chi connectivity index (χ0v) is 17.5. The highest BCUT2D eigenvalue weighted by Crippen LogP contribution is 2.29. The van der Waals surface area contributed by atoms with Crippen LogP contribution in [-0.2, 0) is 16.4 Å². The van der Waals surface area contributed by atoms with Crippen molar-refractivity contribution in [1.82, 2.24) is 9.80 Å². The molecular formula is C19H32N2O5S. The van der Waals surface area contributed by atoms with Crippen LogP contribution >= 0.6 is 0 Å². The number of aliphatic hydroxyl groups is 1. The van der Waals surface area contributed by atoms with Crippen molar-refractivity contribution >= 4 is 9.84 Å². The van der Waals surface area contributed by atoms with E-state index in [0.717, 1.165) is 5.56 Å². The predicted octanol–water partition coefficient (Wildman–Crippen LogP) is 1.01. The lowest BCUT2D eigenvalue weighted by molar-refractivity contribution is 0.0668. The SMILES string of the molecule is COc1ccc(CN2CCS(=O)(=O)CC2)cc1OCC(O)CN(C)C(C)C. The number of likely N-dealkylation sites (N-methyl/N-ethyl adjacent to an activating group) is 1. The monoisotopic (exact) mass is 400 g/mol. The summed E-state index contributed by atoms with van der Waals surface area (Å²) in [4.78, 5) is 4.19. The predicted molar refractivity (Wildman–Crippen MR) is 106 cm³/mol. The summed E-state index contributed by atoms with van der Waals surface area (Å²) in [5.41, 5.74) is 1.03. The van der Waals surface area contributed by atoms with Crippen molar-refractivity contribution < 1.29 is 23.0 Å². The van der Waals surface area contributed by atoms with Crippen molar-refractivity contribution in [3.05, 3.63) is 23.8 Å². The Hall–Kier alpha value is -1.35. The average molecular weight is 401 g/mol. The lowest BCUT2D eigenvalue weighted by atomic mass is 10.2. The van der Waals surface area contributed by atoms with Gasteiger partial charge in [-0.1, -0.05) is 6.07 Å². The number of hydrogen-bond acceptors (Lipinski definition) is 7. The van der Waals surface area contributed by atoms with Crippen molar-refractivity contribution in [3.8, 4) is 11.5 Å². The Morgan fingerprint density at radius 2 is 1.89 bits per heavy atom. The number of benzene rings is 1. The summed E-state index contributed by atoms with van der Waals surface area (Å²) in [5.74, 6) is 1.62. The van der Waals surface area contributed by atoms with Crippen LogP contribution in [0.1, 0.15) is 19.4 Å². The molecule has 1 aliphatic rings. The van der Waals surface area contributed by atoms with Crippen molar-refractivity contribution in [2.45, 2.75) is 32.5 Å². The van der Waals surface area contributed by atoms with Gasteiger partial charge in [0.2, 0.25) is 0 Å². The summed E-state index contributed by atoms with van der Waals surface area (Å²) in [7, 11) is 0.671. The summed E-state index contributed by atoms with van der Waals surface area (Å²) in [5, 5.41) is 10.2. The van der Waals surface area contributed by atoms with Crippen LogP contribution in [0.15, 0.2) is 18.2 Å². The molecule has 0 amide bonds. The van der Waals surface area contributed by atoms with Crippen molar-refractivity contribution in [3.63, 3.8) is 0 Å². The molecule has 0 aliphatic carbocycles. The van der Waals surface area contributed by atoms with E-state index in [9.17, 15) is 13.5 Å². The third kappa shape index (κ3) is 6.95. The molecule has 1 aromatic rings. The Kier molecular flexibility index (Phi) is 7.91. The smallest absolute Gasteiger partial charge is 0.161 e.